The summed E-state index contributed by atoms with van der Waals surface area (Å²) < 4.78 is 16.2. The van der Waals surface area contributed by atoms with Crippen molar-refractivity contribution in [1.82, 2.24) is 9.80 Å². The number of hydrogen-bond acceptors (Lipinski definition) is 5. The molecule has 2 aliphatic heterocycles. The fourth-order valence-corrected chi connectivity index (χ4v) is 4.70. The second-order valence-corrected chi connectivity index (χ2v) is 7.68. The van der Waals surface area contributed by atoms with Crippen molar-refractivity contribution in [1.29, 1.82) is 0 Å². The highest BCUT2D eigenvalue weighted by Crippen LogP contribution is 2.39. The summed E-state index contributed by atoms with van der Waals surface area (Å²) in [5.74, 6) is 1.55. The maximum Gasteiger partial charge on any atom is 0.254 e. The van der Waals surface area contributed by atoms with Crippen molar-refractivity contribution in [2.45, 2.75) is 57.7 Å². The highest BCUT2D eigenvalue weighted by atomic mass is 16.5. The lowest BCUT2D eigenvalue weighted by molar-refractivity contribution is 0.0486. The average molecular weight is 376 g/mol. The molecule has 2 heterocycles. The summed E-state index contributed by atoms with van der Waals surface area (Å²) in [6.45, 7) is 6.19. The van der Waals surface area contributed by atoms with Crippen LogP contribution in [0.5, 0.6) is 17.2 Å². The molecule has 27 heavy (non-hydrogen) atoms. The van der Waals surface area contributed by atoms with Crippen LogP contribution < -0.4 is 14.2 Å². The number of hydrogen-bond donors (Lipinski definition) is 0. The number of methoxy groups -OCH3 is 3. The number of nitrogens with zero attached hydrogens (tertiary/aromatic N) is 2. The molecule has 0 radical (unpaired) electrons. The molecule has 3 atom stereocenters. The molecule has 0 N–H and O–H groups in total. The lowest BCUT2D eigenvalue weighted by Crippen LogP contribution is -2.52. The smallest absolute Gasteiger partial charge is 0.254 e. The van der Waals surface area contributed by atoms with Crippen LogP contribution in [-0.4, -0.2) is 68.3 Å². The Kier molecular flexibility index (Phi) is 6.15. The van der Waals surface area contributed by atoms with Gasteiger partial charge in [-0.2, -0.15) is 0 Å². The summed E-state index contributed by atoms with van der Waals surface area (Å²) in [6, 6.07) is 5.13. The largest absolute Gasteiger partial charge is 0.493 e. The summed E-state index contributed by atoms with van der Waals surface area (Å²) in [7, 11) is 4.70. The SMILES string of the molecule is COc1cc(C(=O)N2CCC[C@@H](N3[C@H](C)CC[C@@H]3C)C2)cc(OC)c1OC. The minimum atomic E-state index is 0.0263. The molecule has 1 amide bonds. The highest BCUT2D eigenvalue weighted by molar-refractivity contribution is 5.95. The number of ether oxygens (including phenoxy) is 3. The molecule has 1 aromatic rings. The van der Waals surface area contributed by atoms with E-state index in [9.17, 15) is 4.79 Å². The molecule has 1 aromatic carbocycles. The van der Waals surface area contributed by atoms with Crippen LogP contribution in [0.15, 0.2) is 12.1 Å². The molecule has 0 unspecified atom stereocenters. The molecule has 0 bridgehead atoms. The predicted molar refractivity (Wildman–Crippen MR) is 105 cm³/mol. The van der Waals surface area contributed by atoms with Gasteiger partial charge in [0, 0.05) is 36.8 Å². The monoisotopic (exact) mass is 376 g/mol. The van der Waals surface area contributed by atoms with Gasteiger partial charge in [-0.15, -0.1) is 0 Å². The van der Waals surface area contributed by atoms with Crippen molar-refractivity contribution >= 4 is 5.91 Å². The summed E-state index contributed by atoms with van der Waals surface area (Å²) in [5, 5.41) is 0. The van der Waals surface area contributed by atoms with Crippen LogP contribution >= 0.6 is 0 Å². The molecule has 150 valence electrons. The maximum absolute atomic E-state index is 13.2. The first kappa shape index (κ1) is 19.8. The Balaban J connectivity index is 1.81. The van der Waals surface area contributed by atoms with Crippen molar-refractivity contribution in [3.05, 3.63) is 17.7 Å². The number of piperidine rings is 1. The molecule has 3 rings (SSSR count). The Morgan fingerprint density at radius 3 is 2.07 bits per heavy atom. The quantitative estimate of drug-likeness (QED) is 0.790. The first-order valence-corrected chi connectivity index (χ1v) is 9.86. The van der Waals surface area contributed by atoms with Crippen molar-refractivity contribution in [3.63, 3.8) is 0 Å². The van der Waals surface area contributed by atoms with Gasteiger partial charge in [0.2, 0.25) is 5.75 Å². The van der Waals surface area contributed by atoms with Gasteiger partial charge < -0.3 is 19.1 Å². The molecule has 6 nitrogen and oxygen atoms in total. The fraction of sp³-hybridized carbons (Fsp3) is 0.667. The van der Waals surface area contributed by atoms with E-state index >= 15 is 0 Å². The van der Waals surface area contributed by atoms with Crippen LogP contribution in [0.25, 0.3) is 0 Å². The lowest BCUT2D eigenvalue weighted by atomic mass is 10.0. The van der Waals surface area contributed by atoms with E-state index in [1.54, 1.807) is 33.5 Å². The van der Waals surface area contributed by atoms with E-state index in [1.807, 2.05) is 4.90 Å². The molecule has 2 fully saturated rings. The van der Waals surface area contributed by atoms with Crippen LogP contribution in [0.2, 0.25) is 0 Å². The molecule has 0 aliphatic carbocycles. The zero-order chi connectivity index (χ0) is 19.6. The van der Waals surface area contributed by atoms with Crippen molar-refractivity contribution in [2.24, 2.45) is 0 Å². The van der Waals surface area contributed by atoms with E-state index in [-0.39, 0.29) is 5.91 Å². The van der Waals surface area contributed by atoms with Crippen molar-refractivity contribution in [2.75, 3.05) is 34.4 Å². The second kappa shape index (κ2) is 8.38. The number of carbonyl (C=O) groups excluding carboxylic acids is 1. The van der Waals surface area contributed by atoms with E-state index in [0.29, 0.717) is 40.9 Å². The van der Waals surface area contributed by atoms with E-state index < -0.39 is 0 Å². The normalized spacial score (nSPS) is 26.1. The number of amides is 1. The summed E-state index contributed by atoms with van der Waals surface area (Å²) in [4.78, 5) is 17.8. The van der Waals surface area contributed by atoms with E-state index in [2.05, 4.69) is 18.7 Å². The van der Waals surface area contributed by atoms with Crippen LogP contribution in [0.3, 0.4) is 0 Å². The van der Waals surface area contributed by atoms with Gasteiger partial charge in [-0.1, -0.05) is 0 Å². The number of likely N-dealkylation sites (tertiary alicyclic amines) is 2. The van der Waals surface area contributed by atoms with Gasteiger partial charge in [-0.3, -0.25) is 9.69 Å². The van der Waals surface area contributed by atoms with Crippen LogP contribution in [0.4, 0.5) is 0 Å². The Labute approximate surface area is 162 Å². The van der Waals surface area contributed by atoms with E-state index in [4.69, 9.17) is 14.2 Å². The molecule has 2 aliphatic rings. The van der Waals surface area contributed by atoms with Crippen LogP contribution in [-0.2, 0) is 0 Å². The van der Waals surface area contributed by atoms with Gasteiger partial charge in [0.15, 0.2) is 11.5 Å². The van der Waals surface area contributed by atoms with Crippen LogP contribution in [0.1, 0.15) is 49.9 Å². The zero-order valence-electron chi connectivity index (χ0n) is 17.2. The third kappa shape index (κ3) is 3.86. The number of rotatable bonds is 5. The predicted octanol–water partition coefficient (Wildman–Crippen LogP) is 3.19. The highest BCUT2D eigenvalue weighted by Gasteiger charge is 2.36. The topological polar surface area (TPSA) is 51.2 Å². The molecular weight excluding hydrogens is 344 g/mol. The van der Waals surface area contributed by atoms with Gasteiger partial charge in [-0.25, -0.2) is 0 Å². The fourth-order valence-electron chi connectivity index (χ4n) is 4.70. The van der Waals surface area contributed by atoms with E-state index in [0.717, 1.165) is 25.9 Å². The Bertz CT molecular complexity index is 643. The zero-order valence-corrected chi connectivity index (χ0v) is 17.2. The molecule has 2 saturated heterocycles. The number of benzene rings is 1. The summed E-state index contributed by atoms with van der Waals surface area (Å²) in [6.07, 6.45) is 4.70. The van der Waals surface area contributed by atoms with E-state index in [1.165, 1.54) is 12.8 Å². The van der Waals surface area contributed by atoms with Gasteiger partial charge in [-0.05, 0) is 51.7 Å². The van der Waals surface area contributed by atoms with Gasteiger partial charge >= 0.3 is 0 Å². The van der Waals surface area contributed by atoms with Gasteiger partial charge in [0.05, 0.1) is 21.3 Å². The Morgan fingerprint density at radius 2 is 1.56 bits per heavy atom. The minimum Gasteiger partial charge on any atom is -0.493 e. The second-order valence-electron chi connectivity index (χ2n) is 7.68. The molecule has 0 saturated carbocycles. The van der Waals surface area contributed by atoms with Crippen LogP contribution in [0, 0.1) is 0 Å². The molecule has 6 heteroatoms. The first-order chi connectivity index (χ1) is 13.0. The Hall–Kier alpha value is -1.95. The first-order valence-electron chi connectivity index (χ1n) is 9.86. The molecular formula is C21H32N2O4. The molecule has 0 spiro atoms. The average Bonchev–Trinajstić information content (AvgIpc) is 3.04. The molecule has 0 aromatic heterocycles. The van der Waals surface area contributed by atoms with Crippen molar-refractivity contribution in [3.8, 4) is 17.2 Å². The Morgan fingerprint density at radius 1 is 0.963 bits per heavy atom. The van der Waals surface area contributed by atoms with Gasteiger partial charge in [0.25, 0.3) is 5.91 Å². The maximum atomic E-state index is 13.2. The third-order valence-corrected chi connectivity index (χ3v) is 6.04. The van der Waals surface area contributed by atoms with Crippen molar-refractivity contribution < 1.29 is 19.0 Å². The minimum absolute atomic E-state index is 0.0263. The third-order valence-electron chi connectivity index (χ3n) is 6.04. The summed E-state index contributed by atoms with van der Waals surface area (Å²) >= 11 is 0. The summed E-state index contributed by atoms with van der Waals surface area (Å²) in [5.41, 5.74) is 0.577. The van der Waals surface area contributed by atoms with Gasteiger partial charge in [0.1, 0.15) is 0 Å². The lowest BCUT2D eigenvalue weighted by Gasteiger charge is -2.41. The standard InChI is InChI=1S/C21H32N2O4/c1-14-8-9-15(2)23(14)17-7-6-10-22(13-17)21(24)16-11-18(25-3)20(27-5)19(12-16)26-4/h11-12,14-15,17H,6-10,13H2,1-5H3/t14-,15+,17-/m1/s1. The number of carbonyl (C=O) groups is 1.